The van der Waals surface area contributed by atoms with Crippen LogP contribution in [0, 0.1) is 13.8 Å². The number of nitrogens with one attached hydrogen (secondary N) is 2. The largest absolute Gasteiger partial charge is 0.380 e. The van der Waals surface area contributed by atoms with Crippen molar-refractivity contribution in [2.24, 2.45) is 4.99 Å². The molecule has 0 amide bonds. The highest BCUT2D eigenvalue weighted by molar-refractivity contribution is 14.0. The molecule has 2 aromatic rings. The summed E-state index contributed by atoms with van der Waals surface area (Å²) in [5.41, 5.74) is 3.44. The van der Waals surface area contributed by atoms with Gasteiger partial charge >= 0.3 is 0 Å². The molecule has 0 aliphatic heterocycles. The van der Waals surface area contributed by atoms with Crippen LogP contribution in [0.1, 0.15) is 33.6 Å². The zero-order chi connectivity index (χ0) is 17.4. The van der Waals surface area contributed by atoms with E-state index in [1.165, 1.54) is 16.0 Å². The Morgan fingerprint density at radius 1 is 1.16 bits per heavy atom. The lowest BCUT2D eigenvalue weighted by Gasteiger charge is -2.11. The van der Waals surface area contributed by atoms with E-state index in [0.29, 0.717) is 13.2 Å². The third-order valence-corrected chi connectivity index (χ3v) is 4.59. The molecule has 138 valence electrons. The van der Waals surface area contributed by atoms with E-state index in [-0.39, 0.29) is 24.0 Å². The molecule has 1 aromatic heterocycles. The minimum absolute atomic E-state index is 0. The summed E-state index contributed by atoms with van der Waals surface area (Å²) in [6.07, 6.45) is 0. The smallest absolute Gasteiger partial charge is 0.191 e. The first kappa shape index (κ1) is 21.9. The molecule has 0 aliphatic carbocycles. The highest BCUT2D eigenvalue weighted by atomic mass is 127. The van der Waals surface area contributed by atoms with Crippen LogP contribution in [0.4, 0.5) is 0 Å². The van der Waals surface area contributed by atoms with Gasteiger partial charge in [-0.1, -0.05) is 24.3 Å². The SMILES string of the molecule is CCNC(=NCc1ccc(COC)cc1)NCc1sc(C)nc1C.I. The van der Waals surface area contributed by atoms with E-state index in [2.05, 4.69) is 51.8 Å². The third-order valence-electron chi connectivity index (χ3n) is 3.51. The van der Waals surface area contributed by atoms with Crippen molar-refractivity contribution in [1.29, 1.82) is 0 Å². The molecule has 2 rings (SSSR count). The Hall–Kier alpha value is -1.19. The summed E-state index contributed by atoms with van der Waals surface area (Å²) in [6.45, 7) is 9.01. The van der Waals surface area contributed by atoms with Crippen molar-refractivity contribution >= 4 is 41.3 Å². The molecular weight excluding hydrogens is 447 g/mol. The summed E-state index contributed by atoms with van der Waals surface area (Å²) >= 11 is 1.73. The quantitative estimate of drug-likeness (QED) is 0.365. The molecule has 1 aromatic carbocycles. The zero-order valence-electron chi connectivity index (χ0n) is 15.3. The van der Waals surface area contributed by atoms with Gasteiger partial charge in [0.05, 0.1) is 30.4 Å². The van der Waals surface area contributed by atoms with E-state index < -0.39 is 0 Å². The number of halogens is 1. The number of methoxy groups -OCH3 is 1. The fraction of sp³-hybridized carbons (Fsp3) is 0.444. The van der Waals surface area contributed by atoms with Crippen LogP contribution in [-0.4, -0.2) is 24.6 Å². The fourth-order valence-corrected chi connectivity index (χ4v) is 3.20. The number of thiazole rings is 1. The van der Waals surface area contributed by atoms with Gasteiger partial charge in [0, 0.05) is 18.5 Å². The predicted octanol–water partition coefficient (Wildman–Crippen LogP) is 3.78. The summed E-state index contributed by atoms with van der Waals surface area (Å²) in [5, 5.41) is 7.77. The second-order valence-electron chi connectivity index (χ2n) is 5.54. The maximum absolute atomic E-state index is 5.13. The summed E-state index contributed by atoms with van der Waals surface area (Å²) in [5.74, 6) is 0.823. The molecule has 0 saturated heterocycles. The number of guanidine groups is 1. The number of aromatic nitrogens is 1. The first-order chi connectivity index (χ1) is 11.6. The first-order valence-corrected chi connectivity index (χ1v) is 8.95. The van der Waals surface area contributed by atoms with Crippen LogP contribution in [0.15, 0.2) is 29.3 Å². The molecule has 0 radical (unpaired) electrons. The fourth-order valence-electron chi connectivity index (χ4n) is 2.32. The average molecular weight is 474 g/mol. The molecule has 0 saturated carbocycles. The Balaban J connectivity index is 0.00000312. The second kappa shape index (κ2) is 11.4. The summed E-state index contributed by atoms with van der Waals surface area (Å²) < 4.78 is 5.13. The third kappa shape index (κ3) is 7.29. The number of benzene rings is 1. The Morgan fingerprint density at radius 3 is 2.40 bits per heavy atom. The number of rotatable bonds is 7. The standard InChI is InChI=1S/C18H26N4OS.HI/c1-5-19-18(21-11-17-13(2)22-14(3)24-17)20-10-15-6-8-16(9-7-15)12-23-4;/h6-9H,5,10-12H2,1-4H3,(H2,19,20,21);1H. The van der Waals surface area contributed by atoms with Gasteiger partial charge in [0.1, 0.15) is 0 Å². The maximum atomic E-state index is 5.13. The van der Waals surface area contributed by atoms with Crippen LogP contribution in [0.5, 0.6) is 0 Å². The minimum Gasteiger partial charge on any atom is -0.380 e. The summed E-state index contributed by atoms with van der Waals surface area (Å²) in [6, 6.07) is 8.35. The van der Waals surface area contributed by atoms with Crippen LogP contribution in [0.2, 0.25) is 0 Å². The van der Waals surface area contributed by atoms with Crippen LogP contribution in [-0.2, 0) is 24.4 Å². The van der Waals surface area contributed by atoms with E-state index in [1.807, 2.05) is 13.8 Å². The second-order valence-corrected chi connectivity index (χ2v) is 6.83. The van der Waals surface area contributed by atoms with Gasteiger partial charge in [-0.2, -0.15) is 0 Å². The molecule has 0 atom stereocenters. The maximum Gasteiger partial charge on any atom is 0.191 e. The average Bonchev–Trinajstić information content (AvgIpc) is 2.89. The Bertz CT molecular complexity index is 670. The number of ether oxygens (including phenoxy) is 1. The number of nitrogens with zero attached hydrogens (tertiary/aromatic N) is 2. The molecule has 2 N–H and O–H groups in total. The Kier molecular flexibility index (Phi) is 9.99. The van der Waals surface area contributed by atoms with Crippen LogP contribution < -0.4 is 10.6 Å². The number of hydrogen-bond donors (Lipinski definition) is 2. The minimum atomic E-state index is 0. The zero-order valence-corrected chi connectivity index (χ0v) is 18.4. The van der Waals surface area contributed by atoms with Gasteiger partial charge in [-0.3, -0.25) is 0 Å². The summed E-state index contributed by atoms with van der Waals surface area (Å²) in [4.78, 5) is 10.4. The predicted molar refractivity (Wildman–Crippen MR) is 116 cm³/mol. The van der Waals surface area contributed by atoms with Gasteiger partial charge < -0.3 is 15.4 Å². The lowest BCUT2D eigenvalue weighted by Crippen LogP contribution is -2.36. The first-order valence-electron chi connectivity index (χ1n) is 8.14. The number of aryl methyl sites for hydroxylation is 2. The van der Waals surface area contributed by atoms with Gasteiger partial charge in [-0.05, 0) is 31.9 Å². The highest BCUT2D eigenvalue weighted by Crippen LogP contribution is 2.16. The molecule has 0 fully saturated rings. The topological polar surface area (TPSA) is 58.5 Å². The monoisotopic (exact) mass is 474 g/mol. The van der Waals surface area contributed by atoms with Crippen LogP contribution in [0.3, 0.4) is 0 Å². The normalized spacial score (nSPS) is 11.1. The molecule has 25 heavy (non-hydrogen) atoms. The van der Waals surface area contributed by atoms with Crippen molar-refractivity contribution < 1.29 is 4.74 Å². The van der Waals surface area contributed by atoms with Gasteiger partial charge in [0.15, 0.2) is 5.96 Å². The van der Waals surface area contributed by atoms with Crippen molar-refractivity contribution in [3.8, 4) is 0 Å². The van der Waals surface area contributed by atoms with E-state index in [9.17, 15) is 0 Å². The molecule has 7 heteroatoms. The van der Waals surface area contributed by atoms with Crippen molar-refractivity contribution in [1.82, 2.24) is 15.6 Å². The van der Waals surface area contributed by atoms with Crippen LogP contribution >= 0.6 is 35.3 Å². The van der Waals surface area contributed by atoms with Crippen molar-refractivity contribution in [3.63, 3.8) is 0 Å². The molecule has 5 nitrogen and oxygen atoms in total. The van der Waals surface area contributed by atoms with Crippen molar-refractivity contribution in [2.45, 2.75) is 40.5 Å². The molecule has 0 bridgehead atoms. The number of hydrogen-bond acceptors (Lipinski definition) is 4. The molecule has 0 aliphatic rings. The van der Waals surface area contributed by atoms with E-state index >= 15 is 0 Å². The Morgan fingerprint density at radius 2 is 1.84 bits per heavy atom. The van der Waals surface area contributed by atoms with Gasteiger partial charge in [-0.15, -0.1) is 35.3 Å². The molecule has 1 heterocycles. The molecular formula is C18H27IN4OS. The number of aliphatic imine (C=N–C) groups is 1. The lowest BCUT2D eigenvalue weighted by atomic mass is 10.1. The highest BCUT2D eigenvalue weighted by Gasteiger charge is 2.05. The Labute approximate surface area is 171 Å². The summed E-state index contributed by atoms with van der Waals surface area (Å²) in [7, 11) is 1.71. The van der Waals surface area contributed by atoms with E-state index in [4.69, 9.17) is 4.74 Å². The lowest BCUT2D eigenvalue weighted by molar-refractivity contribution is 0.185. The van der Waals surface area contributed by atoms with Crippen LogP contribution in [0.25, 0.3) is 0 Å². The van der Waals surface area contributed by atoms with Gasteiger partial charge in [-0.25, -0.2) is 9.98 Å². The van der Waals surface area contributed by atoms with Gasteiger partial charge in [0.25, 0.3) is 0 Å². The van der Waals surface area contributed by atoms with Crippen molar-refractivity contribution in [2.75, 3.05) is 13.7 Å². The van der Waals surface area contributed by atoms with E-state index in [1.54, 1.807) is 18.4 Å². The molecule has 0 unspecified atom stereocenters. The molecule has 0 spiro atoms. The van der Waals surface area contributed by atoms with Gasteiger partial charge in [0.2, 0.25) is 0 Å². The van der Waals surface area contributed by atoms with E-state index in [0.717, 1.165) is 29.8 Å². The van der Waals surface area contributed by atoms with Crippen molar-refractivity contribution in [3.05, 3.63) is 51.0 Å².